The van der Waals surface area contributed by atoms with Gasteiger partial charge >= 0.3 is 0 Å². The molecule has 0 spiro atoms. The topological polar surface area (TPSA) is 79.1 Å². The van der Waals surface area contributed by atoms with Crippen LogP contribution in [-0.2, 0) is 0 Å². The number of hydrogen-bond donors (Lipinski definition) is 2. The van der Waals surface area contributed by atoms with Crippen molar-refractivity contribution in [2.45, 2.75) is 13.8 Å². The van der Waals surface area contributed by atoms with Crippen LogP contribution in [-0.4, -0.2) is 25.2 Å². The summed E-state index contributed by atoms with van der Waals surface area (Å²) in [5, 5.41) is 19.9. The lowest BCUT2D eigenvalue weighted by Crippen LogP contribution is -2.01. The highest BCUT2D eigenvalue weighted by molar-refractivity contribution is 5.72. The largest absolute Gasteiger partial charge is 0.508 e. The van der Waals surface area contributed by atoms with Crippen LogP contribution in [0.4, 0.5) is 0 Å². The van der Waals surface area contributed by atoms with Crippen LogP contribution in [0.5, 0.6) is 11.5 Å². The summed E-state index contributed by atoms with van der Waals surface area (Å²) in [7, 11) is 0. The van der Waals surface area contributed by atoms with Crippen molar-refractivity contribution in [3.63, 3.8) is 0 Å². The molecule has 0 saturated carbocycles. The fourth-order valence-corrected chi connectivity index (χ4v) is 3.09. The molecule has 0 atom stereocenters. The van der Waals surface area contributed by atoms with Gasteiger partial charge in [0, 0.05) is 17.2 Å². The highest BCUT2D eigenvalue weighted by atomic mass is 16.3. The van der Waals surface area contributed by atoms with Gasteiger partial charge in [-0.25, -0.2) is 15.0 Å². The molecular weight excluding hydrogens is 350 g/mol. The Balaban J connectivity index is 1.99. The van der Waals surface area contributed by atoms with Gasteiger partial charge in [-0.05, 0) is 37.1 Å². The van der Waals surface area contributed by atoms with E-state index in [2.05, 4.69) is 9.97 Å². The van der Waals surface area contributed by atoms with Gasteiger partial charge in [-0.1, -0.05) is 48.5 Å². The molecule has 5 nitrogen and oxygen atoms in total. The second-order valence-electron chi connectivity index (χ2n) is 6.64. The number of aryl methyl sites for hydroxylation is 2. The highest BCUT2D eigenvalue weighted by Crippen LogP contribution is 2.33. The summed E-state index contributed by atoms with van der Waals surface area (Å²) in [5.74, 6) is 1.32. The fourth-order valence-electron chi connectivity index (χ4n) is 3.09. The third-order valence-corrected chi connectivity index (χ3v) is 4.63. The van der Waals surface area contributed by atoms with Crippen LogP contribution in [0.15, 0.2) is 66.7 Å². The van der Waals surface area contributed by atoms with E-state index in [1.165, 1.54) is 12.1 Å². The molecule has 0 bridgehead atoms. The van der Waals surface area contributed by atoms with E-state index in [-0.39, 0.29) is 11.5 Å². The minimum Gasteiger partial charge on any atom is -0.508 e. The molecular formula is C23H19N3O2. The van der Waals surface area contributed by atoms with Crippen LogP contribution in [0.25, 0.3) is 34.2 Å². The maximum absolute atomic E-state index is 10.3. The van der Waals surface area contributed by atoms with Gasteiger partial charge in [-0.3, -0.25) is 0 Å². The van der Waals surface area contributed by atoms with Gasteiger partial charge in [0.15, 0.2) is 17.5 Å². The number of phenols is 2. The minimum absolute atomic E-state index is 0.0199. The molecule has 5 heteroatoms. The summed E-state index contributed by atoms with van der Waals surface area (Å²) in [6, 6.07) is 20.1. The van der Waals surface area contributed by atoms with Gasteiger partial charge in [0.1, 0.15) is 11.5 Å². The molecule has 4 aromatic rings. The van der Waals surface area contributed by atoms with E-state index < -0.39 is 0 Å². The Hall–Kier alpha value is -3.73. The quantitative estimate of drug-likeness (QED) is 0.537. The summed E-state index contributed by atoms with van der Waals surface area (Å²) in [5.41, 5.74) is 4.33. The van der Waals surface area contributed by atoms with Crippen molar-refractivity contribution in [3.8, 4) is 45.7 Å². The van der Waals surface area contributed by atoms with Gasteiger partial charge in [-0.15, -0.1) is 0 Å². The molecule has 138 valence electrons. The maximum atomic E-state index is 10.3. The summed E-state index contributed by atoms with van der Waals surface area (Å²) >= 11 is 0. The van der Waals surface area contributed by atoms with Crippen molar-refractivity contribution < 1.29 is 10.2 Å². The Kier molecular flexibility index (Phi) is 4.49. The Morgan fingerprint density at radius 1 is 0.571 bits per heavy atom. The van der Waals surface area contributed by atoms with Gasteiger partial charge < -0.3 is 10.2 Å². The smallest absolute Gasteiger partial charge is 0.167 e. The third kappa shape index (κ3) is 3.30. The van der Waals surface area contributed by atoms with E-state index >= 15 is 0 Å². The molecule has 0 amide bonds. The number of nitrogens with zero attached hydrogens (tertiary/aromatic N) is 3. The molecule has 0 aliphatic heterocycles. The summed E-state index contributed by atoms with van der Waals surface area (Å²) in [6.45, 7) is 4.01. The van der Waals surface area contributed by atoms with Crippen LogP contribution < -0.4 is 0 Å². The average Bonchev–Trinajstić information content (AvgIpc) is 2.68. The number of aromatic hydroxyl groups is 2. The number of hydrogen-bond acceptors (Lipinski definition) is 5. The first-order chi connectivity index (χ1) is 13.5. The minimum atomic E-state index is -0.0855. The first-order valence-electron chi connectivity index (χ1n) is 8.93. The summed E-state index contributed by atoms with van der Waals surface area (Å²) < 4.78 is 0. The first kappa shape index (κ1) is 17.7. The van der Waals surface area contributed by atoms with Crippen LogP contribution in [0, 0.1) is 13.8 Å². The lowest BCUT2D eigenvalue weighted by molar-refractivity contribution is 0.451. The van der Waals surface area contributed by atoms with Crippen molar-refractivity contribution in [1.29, 1.82) is 0 Å². The zero-order valence-electron chi connectivity index (χ0n) is 15.6. The number of aromatic nitrogens is 3. The van der Waals surface area contributed by atoms with Crippen LogP contribution in [0.3, 0.4) is 0 Å². The van der Waals surface area contributed by atoms with E-state index in [1.54, 1.807) is 6.07 Å². The van der Waals surface area contributed by atoms with E-state index in [9.17, 15) is 10.2 Å². The van der Waals surface area contributed by atoms with E-state index in [0.717, 1.165) is 22.3 Å². The number of phenolic OH excluding ortho intramolecular Hbond substituents is 2. The maximum Gasteiger partial charge on any atom is 0.167 e. The molecule has 28 heavy (non-hydrogen) atoms. The van der Waals surface area contributed by atoms with Gasteiger partial charge in [-0.2, -0.15) is 0 Å². The van der Waals surface area contributed by atoms with Gasteiger partial charge in [0.2, 0.25) is 0 Å². The second kappa shape index (κ2) is 7.12. The number of rotatable bonds is 3. The highest BCUT2D eigenvalue weighted by Gasteiger charge is 2.16. The predicted octanol–water partition coefficient (Wildman–Crippen LogP) is 4.90. The standard InChI is InChI=1S/C23H19N3O2/c1-14-7-3-5-9-17(14)21-24-22(18-10-6-4-8-15(18)2)26-23(25-21)19-12-11-16(27)13-20(19)28/h3-13,27-28H,1-2H3. The lowest BCUT2D eigenvalue weighted by Gasteiger charge is -2.11. The molecule has 0 aliphatic rings. The van der Waals surface area contributed by atoms with Crippen LogP contribution in [0.1, 0.15) is 11.1 Å². The Morgan fingerprint density at radius 3 is 1.50 bits per heavy atom. The molecule has 1 aromatic heterocycles. The fraction of sp³-hybridized carbons (Fsp3) is 0.0870. The molecule has 0 saturated heterocycles. The Morgan fingerprint density at radius 2 is 1.04 bits per heavy atom. The van der Waals surface area contributed by atoms with Gasteiger partial charge in [0.25, 0.3) is 0 Å². The molecule has 0 aliphatic carbocycles. The molecule has 2 N–H and O–H groups in total. The predicted molar refractivity (Wildman–Crippen MR) is 109 cm³/mol. The summed E-state index contributed by atoms with van der Waals surface area (Å²) in [6.07, 6.45) is 0. The molecule has 0 fully saturated rings. The number of benzene rings is 3. The molecule has 0 unspecified atom stereocenters. The van der Waals surface area contributed by atoms with E-state index in [1.807, 2.05) is 62.4 Å². The zero-order chi connectivity index (χ0) is 19.7. The third-order valence-electron chi connectivity index (χ3n) is 4.63. The van der Waals surface area contributed by atoms with Crippen LogP contribution >= 0.6 is 0 Å². The van der Waals surface area contributed by atoms with Crippen molar-refractivity contribution in [2.24, 2.45) is 0 Å². The van der Waals surface area contributed by atoms with Crippen molar-refractivity contribution in [2.75, 3.05) is 0 Å². The van der Waals surface area contributed by atoms with E-state index in [0.29, 0.717) is 23.0 Å². The average molecular weight is 369 g/mol. The SMILES string of the molecule is Cc1ccccc1-c1nc(-c2ccccc2C)nc(-c2ccc(O)cc2O)n1. The van der Waals surface area contributed by atoms with Crippen LogP contribution in [0.2, 0.25) is 0 Å². The Labute approximate surface area is 163 Å². The van der Waals surface area contributed by atoms with E-state index in [4.69, 9.17) is 4.98 Å². The Bertz CT molecular complexity index is 1110. The molecule has 3 aromatic carbocycles. The van der Waals surface area contributed by atoms with Crippen molar-refractivity contribution in [3.05, 3.63) is 77.9 Å². The lowest BCUT2D eigenvalue weighted by atomic mass is 10.1. The first-order valence-corrected chi connectivity index (χ1v) is 8.93. The molecule has 0 radical (unpaired) electrons. The second-order valence-corrected chi connectivity index (χ2v) is 6.64. The summed E-state index contributed by atoms with van der Waals surface area (Å²) in [4.78, 5) is 13.9. The normalized spacial score (nSPS) is 10.8. The van der Waals surface area contributed by atoms with Crippen molar-refractivity contribution in [1.82, 2.24) is 15.0 Å². The molecule has 4 rings (SSSR count). The van der Waals surface area contributed by atoms with Gasteiger partial charge in [0.05, 0.1) is 5.56 Å². The monoisotopic (exact) mass is 369 g/mol. The zero-order valence-corrected chi connectivity index (χ0v) is 15.6. The molecule has 1 heterocycles. The van der Waals surface area contributed by atoms with Crippen molar-refractivity contribution >= 4 is 0 Å².